The third-order valence-corrected chi connectivity index (χ3v) is 6.05. The standard InChI is InChI=1S/C23H20ClN5O3/c1-23(2)11-17-19(18(30)12-23)20(13-5-4-8-16(10-13)29(31)32)28-22(25-17)26-21(27-28)14-6-3-7-15(24)9-14/h3-10,20H,11-12H2,1-2H3,(H,25,26,27). The number of carbonyl (C=O) groups is 1. The first-order valence-corrected chi connectivity index (χ1v) is 10.6. The predicted molar refractivity (Wildman–Crippen MR) is 120 cm³/mol. The molecule has 5 rings (SSSR count). The average Bonchev–Trinajstić information content (AvgIpc) is 3.15. The highest BCUT2D eigenvalue weighted by molar-refractivity contribution is 6.30. The number of halogens is 1. The van der Waals surface area contributed by atoms with Gasteiger partial charge < -0.3 is 5.32 Å². The van der Waals surface area contributed by atoms with Gasteiger partial charge in [-0.15, -0.1) is 5.10 Å². The molecular weight excluding hydrogens is 430 g/mol. The minimum absolute atomic E-state index is 0.00529. The lowest BCUT2D eigenvalue weighted by molar-refractivity contribution is -0.384. The van der Waals surface area contributed by atoms with Crippen LogP contribution in [0.1, 0.15) is 38.3 Å². The van der Waals surface area contributed by atoms with Gasteiger partial charge in [0.05, 0.1) is 4.92 Å². The number of anilines is 1. The monoisotopic (exact) mass is 449 g/mol. The Labute approximate surface area is 189 Å². The van der Waals surface area contributed by atoms with Crippen LogP contribution in [-0.4, -0.2) is 25.5 Å². The summed E-state index contributed by atoms with van der Waals surface area (Å²) in [4.78, 5) is 28.9. The molecule has 1 atom stereocenters. The highest BCUT2D eigenvalue weighted by atomic mass is 35.5. The zero-order valence-corrected chi connectivity index (χ0v) is 18.3. The molecule has 2 aromatic carbocycles. The second-order valence-corrected chi connectivity index (χ2v) is 9.36. The molecule has 1 aromatic heterocycles. The number of carbonyl (C=O) groups excluding carboxylic acids is 1. The lowest BCUT2D eigenvalue weighted by atomic mass is 9.73. The molecule has 162 valence electrons. The first-order chi connectivity index (χ1) is 15.2. The van der Waals surface area contributed by atoms with Gasteiger partial charge in [0.2, 0.25) is 5.95 Å². The average molecular weight is 450 g/mol. The van der Waals surface area contributed by atoms with Crippen molar-refractivity contribution >= 4 is 29.0 Å². The van der Waals surface area contributed by atoms with E-state index in [0.29, 0.717) is 40.8 Å². The number of fused-ring (bicyclic) bond motifs is 1. The van der Waals surface area contributed by atoms with Crippen molar-refractivity contribution in [1.82, 2.24) is 14.8 Å². The Morgan fingerprint density at radius 2 is 1.97 bits per heavy atom. The van der Waals surface area contributed by atoms with Crippen LogP contribution in [0.3, 0.4) is 0 Å². The van der Waals surface area contributed by atoms with Crippen LogP contribution in [0.4, 0.5) is 11.6 Å². The molecule has 2 aliphatic rings. The molecule has 0 fully saturated rings. The lowest BCUT2D eigenvalue weighted by Gasteiger charge is -2.38. The molecule has 0 saturated heterocycles. The van der Waals surface area contributed by atoms with E-state index >= 15 is 0 Å². The molecule has 1 aliphatic carbocycles. The Morgan fingerprint density at radius 1 is 1.19 bits per heavy atom. The Balaban J connectivity index is 1.70. The molecule has 1 unspecified atom stereocenters. The summed E-state index contributed by atoms with van der Waals surface area (Å²) in [5.41, 5.74) is 2.49. The number of nitrogens with zero attached hydrogens (tertiary/aromatic N) is 4. The summed E-state index contributed by atoms with van der Waals surface area (Å²) in [5, 5.41) is 20.0. The third kappa shape index (κ3) is 3.46. The first-order valence-electron chi connectivity index (χ1n) is 10.2. The summed E-state index contributed by atoms with van der Waals surface area (Å²) in [6, 6.07) is 13.0. The summed E-state index contributed by atoms with van der Waals surface area (Å²) < 4.78 is 1.64. The largest absolute Gasteiger partial charge is 0.328 e. The number of rotatable bonds is 3. The number of aromatic nitrogens is 3. The van der Waals surface area contributed by atoms with Crippen molar-refractivity contribution in [2.45, 2.75) is 32.7 Å². The number of nitro groups is 1. The van der Waals surface area contributed by atoms with E-state index in [2.05, 4.69) is 29.2 Å². The van der Waals surface area contributed by atoms with Crippen molar-refractivity contribution in [3.63, 3.8) is 0 Å². The summed E-state index contributed by atoms with van der Waals surface area (Å²) in [6.45, 7) is 4.10. The SMILES string of the molecule is CC1(C)CC(=O)C2=C(C1)Nc1nc(-c3cccc(Cl)c3)nn1C2c1cccc([N+](=O)[O-])c1. The van der Waals surface area contributed by atoms with Crippen LogP contribution >= 0.6 is 11.6 Å². The Morgan fingerprint density at radius 3 is 2.72 bits per heavy atom. The minimum Gasteiger partial charge on any atom is -0.328 e. The van der Waals surface area contributed by atoms with E-state index in [1.807, 2.05) is 12.1 Å². The number of nitro benzene ring substituents is 1. The fraction of sp³-hybridized carbons (Fsp3) is 0.261. The third-order valence-electron chi connectivity index (χ3n) is 5.81. The van der Waals surface area contributed by atoms with Crippen LogP contribution in [0.2, 0.25) is 5.02 Å². The number of benzene rings is 2. The molecule has 8 nitrogen and oxygen atoms in total. The van der Waals surface area contributed by atoms with Gasteiger partial charge in [-0.3, -0.25) is 14.9 Å². The van der Waals surface area contributed by atoms with Gasteiger partial charge in [0.25, 0.3) is 5.69 Å². The van der Waals surface area contributed by atoms with Crippen molar-refractivity contribution < 1.29 is 9.72 Å². The maximum absolute atomic E-state index is 13.3. The van der Waals surface area contributed by atoms with E-state index in [9.17, 15) is 14.9 Å². The number of non-ortho nitro benzene ring substituents is 1. The Kier molecular flexibility index (Phi) is 4.63. The van der Waals surface area contributed by atoms with Crippen molar-refractivity contribution in [3.05, 3.63) is 80.5 Å². The maximum Gasteiger partial charge on any atom is 0.269 e. The molecule has 0 saturated carbocycles. The van der Waals surface area contributed by atoms with E-state index in [1.54, 1.807) is 28.9 Å². The van der Waals surface area contributed by atoms with Gasteiger partial charge in [-0.1, -0.05) is 49.7 Å². The summed E-state index contributed by atoms with van der Waals surface area (Å²) >= 11 is 6.15. The van der Waals surface area contributed by atoms with Crippen molar-refractivity contribution in [2.24, 2.45) is 5.41 Å². The van der Waals surface area contributed by atoms with Gasteiger partial charge in [0.1, 0.15) is 6.04 Å². The van der Waals surface area contributed by atoms with Crippen LogP contribution < -0.4 is 5.32 Å². The van der Waals surface area contributed by atoms with Crippen molar-refractivity contribution in [2.75, 3.05) is 5.32 Å². The second-order valence-electron chi connectivity index (χ2n) is 8.93. The van der Waals surface area contributed by atoms with Crippen molar-refractivity contribution in [1.29, 1.82) is 0 Å². The Bertz CT molecular complexity index is 1310. The summed E-state index contributed by atoms with van der Waals surface area (Å²) in [5.74, 6) is 0.948. The fourth-order valence-corrected chi connectivity index (χ4v) is 4.67. The molecule has 0 radical (unpaired) electrons. The van der Waals surface area contributed by atoms with Gasteiger partial charge >= 0.3 is 0 Å². The number of ketones is 1. The number of hydrogen-bond acceptors (Lipinski definition) is 6. The maximum atomic E-state index is 13.3. The van der Waals surface area contributed by atoms with Gasteiger partial charge in [-0.2, -0.15) is 4.98 Å². The highest BCUT2D eigenvalue weighted by Gasteiger charge is 2.42. The zero-order chi connectivity index (χ0) is 22.6. The minimum atomic E-state index is -0.606. The Hall–Kier alpha value is -3.52. The smallest absolute Gasteiger partial charge is 0.269 e. The molecule has 0 spiro atoms. The van der Waals surface area contributed by atoms with Gasteiger partial charge in [0, 0.05) is 40.4 Å². The van der Waals surface area contributed by atoms with Crippen LogP contribution in [0.25, 0.3) is 11.4 Å². The normalized spacial score (nSPS) is 19.2. The number of Topliss-reactive ketones (excluding diaryl/α,β-unsaturated/α-hetero) is 1. The second kappa shape index (κ2) is 7.27. The number of allylic oxidation sites excluding steroid dienone is 2. The number of hydrogen-bond donors (Lipinski definition) is 1. The van der Waals surface area contributed by atoms with Gasteiger partial charge in [-0.05, 0) is 29.5 Å². The molecule has 3 aromatic rings. The zero-order valence-electron chi connectivity index (χ0n) is 17.5. The van der Waals surface area contributed by atoms with E-state index in [4.69, 9.17) is 11.6 Å². The van der Waals surface area contributed by atoms with E-state index < -0.39 is 11.0 Å². The molecule has 9 heteroatoms. The van der Waals surface area contributed by atoms with Crippen LogP contribution in [0, 0.1) is 15.5 Å². The molecule has 1 N–H and O–H groups in total. The van der Waals surface area contributed by atoms with E-state index in [-0.39, 0.29) is 16.9 Å². The summed E-state index contributed by atoms with van der Waals surface area (Å²) in [7, 11) is 0. The number of nitrogens with one attached hydrogen (secondary N) is 1. The van der Waals surface area contributed by atoms with Crippen molar-refractivity contribution in [3.8, 4) is 11.4 Å². The van der Waals surface area contributed by atoms with Crippen LogP contribution in [0.5, 0.6) is 0 Å². The first kappa shape index (κ1) is 20.4. The van der Waals surface area contributed by atoms with E-state index in [0.717, 1.165) is 11.3 Å². The van der Waals surface area contributed by atoms with Crippen LogP contribution in [-0.2, 0) is 4.79 Å². The molecule has 1 aliphatic heterocycles. The topological polar surface area (TPSA) is 103 Å². The molecule has 0 amide bonds. The molecule has 2 heterocycles. The fourth-order valence-electron chi connectivity index (χ4n) is 4.48. The highest BCUT2D eigenvalue weighted by Crippen LogP contribution is 2.46. The van der Waals surface area contributed by atoms with E-state index in [1.165, 1.54) is 12.1 Å². The lowest BCUT2D eigenvalue weighted by Crippen LogP contribution is -2.36. The predicted octanol–water partition coefficient (Wildman–Crippen LogP) is 5.16. The van der Waals surface area contributed by atoms with Crippen LogP contribution in [0.15, 0.2) is 59.8 Å². The summed E-state index contributed by atoms with van der Waals surface area (Å²) in [6.07, 6.45) is 1.06. The molecule has 32 heavy (non-hydrogen) atoms. The molecule has 0 bridgehead atoms. The van der Waals surface area contributed by atoms with Gasteiger partial charge in [-0.25, -0.2) is 4.68 Å². The quantitative estimate of drug-likeness (QED) is 0.437. The van der Waals surface area contributed by atoms with Gasteiger partial charge in [0.15, 0.2) is 11.6 Å². The molecular formula is C23H20ClN5O3.